The Morgan fingerprint density at radius 3 is 2.12 bits per heavy atom. The van der Waals surface area contributed by atoms with Crippen molar-refractivity contribution in [2.75, 3.05) is 14.2 Å². The number of rotatable bonds is 7. The number of esters is 2. The Labute approximate surface area is 193 Å². The van der Waals surface area contributed by atoms with E-state index in [4.69, 9.17) is 23.5 Å². The van der Waals surface area contributed by atoms with E-state index in [0.717, 1.165) is 0 Å². The minimum absolute atomic E-state index is 0.0190. The minimum atomic E-state index is -0.702. The van der Waals surface area contributed by atoms with Gasteiger partial charge in [-0.25, -0.2) is 9.18 Å². The van der Waals surface area contributed by atoms with Gasteiger partial charge in [0, 0.05) is 5.82 Å². The van der Waals surface area contributed by atoms with Gasteiger partial charge in [0.15, 0.2) is 11.5 Å². The fourth-order valence-electron chi connectivity index (χ4n) is 3.43. The van der Waals surface area contributed by atoms with Crippen LogP contribution in [0.25, 0.3) is 0 Å². The lowest BCUT2D eigenvalue weighted by Gasteiger charge is -2.32. The van der Waals surface area contributed by atoms with Crippen LogP contribution in [0, 0.1) is 5.82 Å². The molecule has 2 aromatic rings. The quantitative estimate of drug-likeness (QED) is 0.347. The second-order valence-corrected chi connectivity index (χ2v) is 8.82. The van der Waals surface area contributed by atoms with Crippen molar-refractivity contribution in [2.24, 2.45) is 0 Å². The van der Waals surface area contributed by atoms with Crippen LogP contribution < -0.4 is 9.47 Å². The highest BCUT2D eigenvalue weighted by atomic mass is 19.1. The van der Waals surface area contributed by atoms with Gasteiger partial charge < -0.3 is 23.5 Å². The Bertz CT molecular complexity index is 1000. The third kappa shape index (κ3) is 5.37. The highest BCUT2D eigenvalue weighted by molar-refractivity contribution is 6.48. The van der Waals surface area contributed by atoms with E-state index in [2.05, 4.69) is 0 Å². The molecule has 1 unspecified atom stereocenters. The third-order valence-corrected chi connectivity index (χ3v) is 6.11. The van der Waals surface area contributed by atoms with Crippen molar-refractivity contribution in [3.8, 4) is 11.5 Å². The monoisotopic (exact) mass is 458 g/mol. The number of carbonyl (C=O) groups is 2. The molecule has 1 heterocycles. The van der Waals surface area contributed by atoms with Crippen LogP contribution in [0.1, 0.15) is 55.9 Å². The summed E-state index contributed by atoms with van der Waals surface area (Å²) in [6, 6.07) is 10.00. The lowest BCUT2D eigenvalue weighted by Crippen LogP contribution is -2.41. The van der Waals surface area contributed by atoms with E-state index < -0.39 is 41.9 Å². The van der Waals surface area contributed by atoms with Crippen LogP contribution in [0.3, 0.4) is 0 Å². The molecule has 0 bridgehead atoms. The molecule has 1 aliphatic rings. The van der Waals surface area contributed by atoms with Crippen LogP contribution in [0.15, 0.2) is 42.5 Å². The second kappa shape index (κ2) is 9.53. The average molecular weight is 458 g/mol. The summed E-state index contributed by atoms with van der Waals surface area (Å²) < 4.78 is 41.2. The molecule has 0 saturated carbocycles. The Kier molecular flexibility index (Phi) is 7.14. The molecule has 0 aliphatic carbocycles. The maximum Gasteiger partial charge on any atom is 0.466 e. The molecule has 33 heavy (non-hydrogen) atoms. The molecule has 3 rings (SSSR count). The fraction of sp³-hybridized carbons (Fsp3) is 0.417. The summed E-state index contributed by atoms with van der Waals surface area (Å²) in [5.74, 6) is -1.55. The second-order valence-electron chi connectivity index (χ2n) is 8.82. The standard InChI is InChI=1S/C24H28BFO7/c1-23(2)24(3,4)33-25(32-23)18(14-21(27)30-6)16-9-12-19(20(13-16)29-5)31-22(28)15-7-10-17(26)11-8-15/h7-13,18H,14H2,1-6H3. The number of carbonyl (C=O) groups excluding carboxylic acids is 2. The molecule has 2 aromatic carbocycles. The molecular weight excluding hydrogens is 430 g/mol. The topological polar surface area (TPSA) is 80.3 Å². The maximum absolute atomic E-state index is 13.1. The minimum Gasteiger partial charge on any atom is -0.493 e. The Hall–Kier alpha value is -2.91. The van der Waals surface area contributed by atoms with E-state index in [1.807, 2.05) is 27.7 Å². The first kappa shape index (κ1) is 24.7. The van der Waals surface area contributed by atoms with Crippen molar-refractivity contribution < 1.29 is 37.5 Å². The lowest BCUT2D eigenvalue weighted by atomic mass is 9.66. The van der Waals surface area contributed by atoms with E-state index >= 15 is 0 Å². The van der Waals surface area contributed by atoms with Crippen molar-refractivity contribution in [3.63, 3.8) is 0 Å². The molecule has 1 saturated heterocycles. The van der Waals surface area contributed by atoms with E-state index in [1.54, 1.807) is 18.2 Å². The number of halogens is 1. The molecule has 176 valence electrons. The van der Waals surface area contributed by atoms with Crippen LogP contribution in [-0.4, -0.2) is 44.5 Å². The summed E-state index contributed by atoms with van der Waals surface area (Å²) >= 11 is 0. The molecular formula is C24H28BFO7. The molecule has 0 aromatic heterocycles. The molecule has 1 atom stereocenters. The van der Waals surface area contributed by atoms with Gasteiger partial charge in [0.2, 0.25) is 0 Å². The summed E-state index contributed by atoms with van der Waals surface area (Å²) in [4.78, 5) is 24.6. The normalized spacial score (nSPS) is 17.4. The molecule has 7 nitrogen and oxygen atoms in total. The van der Waals surface area contributed by atoms with Gasteiger partial charge in [-0.1, -0.05) is 6.07 Å². The van der Waals surface area contributed by atoms with Gasteiger partial charge in [-0.05, 0) is 69.7 Å². The van der Waals surface area contributed by atoms with Gasteiger partial charge in [0.05, 0.1) is 37.4 Å². The van der Waals surface area contributed by atoms with E-state index in [9.17, 15) is 14.0 Å². The van der Waals surface area contributed by atoms with Gasteiger partial charge >= 0.3 is 19.1 Å². The predicted molar refractivity (Wildman–Crippen MR) is 120 cm³/mol. The van der Waals surface area contributed by atoms with Gasteiger partial charge in [0.1, 0.15) is 5.82 Å². The van der Waals surface area contributed by atoms with Crippen molar-refractivity contribution in [3.05, 3.63) is 59.4 Å². The number of hydrogen-bond donors (Lipinski definition) is 0. The first-order valence-electron chi connectivity index (χ1n) is 10.6. The third-order valence-electron chi connectivity index (χ3n) is 6.11. The number of methoxy groups -OCH3 is 2. The number of hydrogen-bond acceptors (Lipinski definition) is 7. The highest BCUT2D eigenvalue weighted by Crippen LogP contribution is 2.43. The Balaban J connectivity index is 1.89. The van der Waals surface area contributed by atoms with Gasteiger partial charge in [-0.2, -0.15) is 0 Å². The van der Waals surface area contributed by atoms with Crippen LogP contribution >= 0.6 is 0 Å². The van der Waals surface area contributed by atoms with E-state index in [1.165, 1.54) is 38.5 Å². The van der Waals surface area contributed by atoms with Crippen LogP contribution in [0.4, 0.5) is 4.39 Å². The van der Waals surface area contributed by atoms with Crippen LogP contribution in [0.2, 0.25) is 0 Å². The zero-order chi connectivity index (χ0) is 24.4. The predicted octanol–water partition coefficient (Wildman–Crippen LogP) is 4.33. The zero-order valence-corrected chi connectivity index (χ0v) is 19.6. The molecule has 1 aliphatic heterocycles. The number of ether oxygens (including phenoxy) is 3. The zero-order valence-electron chi connectivity index (χ0n) is 19.6. The summed E-state index contributed by atoms with van der Waals surface area (Å²) in [7, 11) is 2.06. The maximum atomic E-state index is 13.1. The van der Waals surface area contributed by atoms with Crippen molar-refractivity contribution in [2.45, 2.75) is 51.1 Å². The van der Waals surface area contributed by atoms with Gasteiger partial charge in [-0.15, -0.1) is 0 Å². The molecule has 0 N–H and O–H groups in total. The SMILES string of the molecule is COC(=O)CC(B1OC(C)(C)C(C)(C)O1)c1ccc(OC(=O)c2ccc(F)cc2)c(OC)c1. The van der Waals surface area contributed by atoms with Gasteiger partial charge in [0.25, 0.3) is 0 Å². The average Bonchev–Trinajstić information content (AvgIpc) is 2.99. The van der Waals surface area contributed by atoms with Gasteiger partial charge in [-0.3, -0.25) is 4.79 Å². The van der Waals surface area contributed by atoms with Crippen molar-refractivity contribution in [1.82, 2.24) is 0 Å². The summed E-state index contributed by atoms with van der Waals surface area (Å²) in [6.45, 7) is 7.73. The van der Waals surface area contributed by atoms with E-state index in [-0.39, 0.29) is 23.5 Å². The Morgan fingerprint density at radius 2 is 1.58 bits per heavy atom. The molecule has 1 fully saturated rings. The summed E-state index contributed by atoms with van der Waals surface area (Å²) in [5, 5.41) is 0. The van der Waals surface area contributed by atoms with E-state index in [0.29, 0.717) is 5.56 Å². The molecule has 9 heteroatoms. The lowest BCUT2D eigenvalue weighted by molar-refractivity contribution is -0.140. The molecule has 0 spiro atoms. The molecule has 0 amide bonds. The largest absolute Gasteiger partial charge is 0.493 e. The van der Waals surface area contributed by atoms with Crippen molar-refractivity contribution >= 4 is 19.1 Å². The van der Waals surface area contributed by atoms with Crippen LogP contribution in [-0.2, 0) is 18.8 Å². The molecule has 0 radical (unpaired) electrons. The fourth-order valence-corrected chi connectivity index (χ4v) is 3.43. The van der Waals surface area contributed by atoms with Crippen LogP contribution in [0.5, 0.6) is 11.5 Å². The summed E-state index contributed by atoms with van der Waals surface area (Å²) in [6.07, 6.45) is 0.0190. The first-order chi connectivity index (χ1) is 15.5. The Morgan fingerprint density at radius 1 is 0.970 bits per heavy atom. The number of benzene rings is 2. The highest BCUT2D eigenvalue weighted by Gasteiger charge is 2.54. The van der Waals surface area contributed by atoms with Crippen molar-refractivity contribution in [1.29, 1.82) is 0 Å². The smallest absolute Gasteiger partial charge is 0.466 e. The first-order valence-corrected chi connectivity index (χ1v) is 10.6. The summed E-state index contributed by atoms with van der Waals surface area (Å²) in [5.41, 5.74) is -0.276.